The quantitative estimate of drug-likeness (QED) is 0.470. The van der Waals surface area contributed by atoms with Crippen LogP contribution in [0.4, 0.5) is 15.9 Å². The molecule has 0 amide bonds. The summed E-state index contributed by atoms with van der Waals surface area (Å²) in [6.45, 7) is 2.35. The Bertz CT molecular complexity index is 1350. The van der Waals surface area contributed by atoms with Crippen LogP contribution >= 0.6 is 0 Å². The normalized spacial score (nSPS) is 17.4. The van der Waals surface area contributed by atoms with Gasteiger partial charge in [-0.05, 0) is 57.0 Å². The van der Waals surface area contributed by atoms with E-state index in [1.807, 2.05) is 18.2 Å². The van der Waals surface area contributed by atoms with Crippen LogP contribution in [0.1, 0.15) is 42.9 Å². The molecule has 34 heavy (non-hydrogen) atoms. The first-order valence-electron chi connectivity index (χ1n) is 11.8. The number of nitrogen functional groups attached to an aromatic ring is 2. The van der Waals surface area contributed by atoms with Gasteiger partial charge in [0.25, 0.3) is 0 Å². The van der Waals surface area contributed by atoms with Gasteiger partial charge < -0.3 is 16.4 Å². The monoisotopic (exact) mass is 458 g/mol. The van der Waals surface area contributed by atoms with Crippen molar-refractivity contribution in [2.24, 2.45) is 0 Å². The second kappa shape index (κ2) is 8.32. The summed E-state index contributed by atoms with van der Waals surface area (Å²) in [5.41, 5.74) is 15.6. The van der Waals surface area contributed by atoms with Crippen molar-refractivity contribution in [2.45, 2.75) is 44.2 Å². The minimum Gasteiger partial charge on any atom is -0.394 e. The molecule has 1 aliphatic heterocycles. The number of pyridine rings is 1. The highest BCUT2D eigenvalue weighted by atomic mass is 19.1. The largest absolute Gasteiger partial charge is 0.394 e. The molecule has 8 nitrogen and oxygen atoms in total. The van der Waals surface area contributed by atoms with E-state index in [1.54, 1.807) is 23.0 Å². The summed E-state index contributed by atoms with van der Waals surface area (Å²) >= 11 is 0. The number of likely N-dealkylation sites (tertiary alicyclic amines) is 1. The maximum atomic E-state index is 14.3. The summed E-state index contributed by atoms with van der Waals surface area (Å²) in [4.78, 5) is 16.4. The number of nitrogens with two attached hydrogens (primary N) is 2. The molecule has 4 N–H and O–H groups in total. The van der Waals surface area contributed by atoms with Crippen LogP contribution in [0.5, 0.6) is 0 Å². The second-order valence-electron chi connectivity index (χ2n) is 9.25. The zero-order valence-corrected chi connectivity index (χ0v) is 18.9. The van der Waals surface area contributed by atoms with Gasteiger partial charge in [-0.2, -0.15) is 5.10 Å². The molecule has 0 radical (unpaired) electrons. The second-order valence-corrected chi connectivity index (χ2v) is 9.25. The van der Waals surface area contributed by atoms with Crippen LogP contribution in [0.3, 0.4) is 0 Å². The van der Waals surface area contributed by atoms with Gasteiger partial charge in [0.1, 0.15) is 11.5 Å². The molecule has 0 atom stereocenters. The van der Waals surface area contributed by atoms with E-state index in [4.69, 9.17) is 21.5 Å². The number of anilines is 2. The molecular formula is C25H27FN8. The number of fused-ring (bicyclic) bond motifs is 1. The SMILES string of the molecule is Nc1nc(-c2nn(Cc3ccccc3F)c3ncccc23)nc(C2CCN(C3CC3)CC2)c1N. The molecule has 3 aromatic heterocycles. The highest BCUT2D eigenvalue weighted by Gasteiger charge is 2.33. The molecule has 1 aromatic carbocycles. The molecule has 2 fully saturated rings. The first kappa shape index (κ1) is 21.0. The topological polar surface area (TPSA) is 112 Å². The van der Waals surface area contributed by atoms with E-state index in [1.165, 1.54) is 18.9 Å². The molecule has 9 heteroatoms. The van der Waals surface area contributed by atoms with Crippen molar-refractivity contribution in [2.75, 3.05) is 24.6 Å². The molecule has 1 saturated carbocycles. The summed E-state index contributed by atoms with van der Waals surface area (Å²) in [6, 6.07) is 11.2. The van der Waals surface area contributed by atoms with Crippen molar-refractivity contribution in [1.29, 1.82) is 0 Å². The Hall–Kier alpha value is -3.59. The Labute approximate surface area is 196 Å². The van der Waals surface area contributed by atoms with Crippen molar-refractivity contribution in [3.05, 3.63) is 59.7 Å². The van der Waals surface area contributed by atoms with Gasteiger partial charge in [0.2, 0.25) is 0 Å². The zero-order chi connectivity index (χ0) is 23.2. The van der Waals surface area contributed by atoms with E-state index in [-0.39, 0.29) is 24.1 Å². The molecule has 0 unspecified atom stereocenters. The van der Waals surface area contributed by atoms with Gasteiger partial charge in [0.15, 0.2) is 17.3 Å². The van der Waals surface area contributed by atoms with E-state index in [0.29, 0.717) is 28.4 Å². The van der Waals surface area contributed by atoms with Gasteiger partial charge in [-0.25, -0.2) is 24.0 Å². The number of nitrogens with zero attached hydrogens (tertiary/aromatic N) is 6. The Kier molecular flexibility index (Phi) is 5.13. The van der Waals surface area contributed by atoms with Crippen LogP contribution in [0, 0.1) is 5.82 Å². The first-order valence-corrected chi connectivity index (χ1v) is 11.8. The number of hydrogen-bond acceptors (Lipinski definition) is 7. The van der Waals surface area contributed by atoms with Gasteiger partial charge in [-0.1, -0.05) is 18.2 Å². The minimum atomic E-state index is -0.281. The van der Waals surface area contributed by atoms with Crippen LogP contribution < -0.4 is 11.5 Å². The summed E-state index contributed by atoms with van der Waals surface area (Å²) < 4.78 is 16.0. The standard InChI is InChI=1S/C25H27FN8/c26-19-6-2-1-4-16(19)14-34-25-18(5-3-11-29-25)22(32-34)24-30-21(20(27)23(28)31-24)15-9-12-33(13-10-15)17-7-8-17/h1-6,11,15,17H,7-10,12-14,27H2,(H2,28,30,31). The predicted molar refractivity (Wildman–Crippen MR) is 129 cm³/mol. The highest BCUT2D eigenvalue weighted by Crippen LogP contribution is 2.38. The van der Waals surface area contributed by atoms with Crippen LogP contribution in [-0.2, 0) is 6.54 Å². The average molecular weight is 459 g/mol. The third-order valence-corrected chi connectivity index (χ3v) is 6.98. The molecule has 1 saturated heterocycles. The van der Waals surface area contributed by atoms with Gasteiger partial charge in [0.05, 0.1) is 23.3 Å². The number of aromatic nitrogens is 5. The Morgan fingerprint density at radius 3 is 2.53 bits per heavy atom. The average Bonchev–Trinajstić information content (AvgIpc) is 3.65. The van der Waals surface area contributed by atoms with Crippen molar-refractivity contribution >= 4 is 22.5 Å². The van der Waals surface area contributed by atoms with E-state index in [2.05, 4.69) is 14.9 Å². The van der Waals surface area contributed by atoms with E-state index in [9.17, 15) is 4.39 Å². The lowest BCUT2D eigenvalue weighted by molar-refractivity contribution is 0.202. The third-order valence-electron chi connectivity index (χ3n) is 6.98. The van der Waals surface area contributed by atoms with Crippen LogP contribution in [0.25, 0.3) is 22.6 Å². The number of benzene rings is 1. The highest BCUT2D eigenvalue weighted by molar-refractivity contribution is 5.89. The molecule has 4 aromatic rings. The lowest BCUT2D eigenvalue weighted by atomic mass is 9.92. The fraction of sp³-hybridized carbons (Fsp3) is 0.360. The summed E-state index contributed by atoms with van der Waals surface area (Å²) in [6.07, 6.45) is 6.33. The van der Waals surface area contributed by atoms with Gasteiger partial charge in [-0.3, -0.25) is 0 Å². The Morgan fingerprint density at radius 2 is 1.76 bits per heavy atom. The lowest BCUT2D eigenvalue weighted by Crippen LogP contribution is -2.35. The smallest absolute Gasteiger partial charge is 0.183 e. The predicted octanol–water partition coefficient (Wildman–Crippen LogP) is 3.58. The Morgan fingerprint density at radius 1 is 0.971 bits per heavy atom. The summed E-state index contributed by atoms with van der Waals surface area (Å²) in [5.74, 6) is 0.655. The van der Waals surface area contributed by atoms with Crippen molar-refractivity contribution < 1.29 is 4.39 Å². The molecule has 0 spiro atoms. The first-order chi connectivity index (χ1) is 16.6. The fourth-order valence-corrected chi connectivity index (χ4v) is 4.97. The molecule has 1 aliphatic carbocycles. The van der Waals surface area contributed by atoms with Gasteiger partial charge in [0, 0.05) is 23.7 Å². The number of hydrogen-bond donors (Lipinski definition) is 2. The van der Waals surface area contributed by atoms with Gasteiger partial charge >= 0.3 is 0 Å². The molecule has 6 rings (SSSR count). The van der Waals surface area contributed by atoms with E-state index in [0.717, 1.165) is 43.1 Å². The third kappa shape index (κ3) is 3.75. The molecular weight excluding hydrogens is 431 g/mol. The summed E-state index contributed by atoms with van der Waals surface area (Å²) in [7, 11) is 0. The van der Waals surface area contributed by atoms with Crippen LogP contribution in [0.2, 0.25) is 0 Å². The number of rotatable bonds is 5. The molecule has 2 aliphatic rings. The number of piperidine rings is 1. The van der Waals surface area contributed by atoms with Crippen molar-refractivity contribution in [1.82, 2.24) is 29.6 Å². The Balaban J connectivity index is 1.38. The minimum absolute atomic E-state index is 0.240. The fourth-order valence-electron chi connectivity index (χ4n) is 4.97. The van der Waals surface area contributed by atoms with E-state index < -0.39 is 0 Å². The van der Waals surface area contributed by atoms with E-state index >= 15 is 0 Å². The zero-order valence-electron chi connectivity index (χ0n) is 18.9. The van der Waals surface area contributed by atoms with Crippen molar-refractivity contribution in [3.8, 4) is 11.5 Å². The molecule has 174 valence electrons. The number of halogens is 1. The summed E-state index contributed by atoms with van der Waals surface area (Å²) in [5, 5.41) is 5.54. The maximum Gasteiger partial charge on any atom is 0.183 e. The molecule has 0 bridgehead atoms. The lowest BCUT2D eigenvalue weighted by Gasteiger charge is -2.32. The van der Waals surface area contributed by atoms with Crippen LogP contribution in [-0.4, -0.2) is 48.8 Å². The van der Waals surface area contributed by atoms with Crippen molar-refractivity contribution in [3.63, 3.8) is 0 Å². The maximum absolute atomic E-state index is 14.3. The molecule has 4 heterocycles. The van der Waals surface area contributed by atoms with Crippen LogP contribution in [0.15, 0.2) is 42.6 Å². The van der Waals surface area contributed by atoms with Gasteiger partial charge in [-0.15, -0.1) is 0 Å².